The van der Waals surface area contributed by atoms with Gasteiger partial charge >= 0.3 is 0 Å². The van der Waals surface area contributed by atoms with Gasteiger partial charge in [0.15, 0.2) is 0 Å². The maximum atomic E-state index is 9.78. The fraction of sp³-hybridized carbons (Fsp3) is 0.0952. The van der Waals surface area contributed by atoms with Gasteiger partial charge in [0.1, 0.15) is 33.6 Å². The predicted molar refractivity (Wildman–Crippen MR) is 118 cm³/mol. The molecule has 0 radical (unpaired) electrons. The zero-order valence-electron chi connectivity index (χ0n) is 15.9. The van der Waals surface area contributed by atoms with Crippen molar-refractivity contribution < 1.29 is 0 Å². The number of rotatable bonds is 5. The van der Waals surface area contributed by atoms with Crippen molar-refractivity contribution in [3.8, 4) is 34.0 Å². The summed E-state index contributed by atoms with van der Waals surface area (Å²) in [5, 5.41) is 29.5. The second-order valence-electron chi connectivity index (χ2n) is 6.41. The molecule has 9 heteroatoms. The highest BCUT2D eigenvalue weighted by atomic mass is 32.2. The topological polar surface area (TPSA) is 128 Å². The van der Waals surface area contributed by atoms with E-state index in [4.69, 9.17) is 10.7 Å². The Balaban J connectivity index is 1.64. The number of H-pyrrole nitrogens is 1. The molecule has 4 rings (SSSR count). The lowest BCUT2D eigenvalue weighted by molar-refractivity contribution is 1.07. The molecule has 0 spiro atoms. The molecule has 0 aliphatic heterocycles. The molecule has 0 saturated heterocycles. The average Bonchev–Trinajstić information content (AvgIpc) is 3.44. The monoisotopic (exact) mass is 429 g/mol. The number of nitriles is 2. The molecule has 0 aliphatic rings. The lowest BCUT2D eigenvalue weighted by Crippen LogP contribution is -2.03. The van der Waals surface area contributed by atoms with E-state index in [0.29, 0.717) is 22.0 Å². The highest BCUT2D eigenvalue weighted by Crippen LogP contribution is 2.36. The number of hydrogen-bond acceptors (Lipinski definition) is 8. The first-order chi connectivity index (χ1) is 14.6. The summed E-state index contributed by atoms with van der Waals surface area (Å²) in [6, 6.07) is 14.1. The van der Waals surface area contributed by atoms with E-state index in [1.807, 2.05) is 18.4 Å². The van der Waals surface area contributed by atoms with E-state index >= 15 is 0 Å². The zero-order valence-corrected chi connectivity index (χ0v) is 17.5. The van der Waals surface area contributed by atoms with Gasteiger partial charge in [-0.1, -0.05) is 41.6 Å². The van der Waals surface area contributed by atoms with Crippen LogP contribution in [0.5, 0.6) is 0 Å². The number of benzene rings is 1. The second-order valence-corrected chi connectivity index (χ2v) is 8.23. The van der Waals surface area contributed by atoms with Crippen LogP contribution >= 0.6 is 23.1 Å². The van der Waals surface area contributed by atoms with E-state index < -0.39 is 0 Å². The second kappa shape index (κ2) is 8.37. The molecule has 30 heavy (non-hydrogen) atoms. The van der Waals surface area contributed by atoms with E-state index in [9.17, 15) is 10.5 Å². The summed E-state index contributed by atoms with van der Waals surface area (Å²) in [5.74, 6) is 0.602. The number of hydrogen-bond donors (Lipinski definition) is 2. The van der Waals surface area contributed by atoms with Crippen molar-refractivity contribution in [1.29, 1.82) is 10.5 Å². The van der Waals surface area contributed by atoms with Crippen LogP contribution < -0.4 is 5.73 Å². The highest BCUT2D eigenvalue weighted by Gasteiger charge is 2.22. The Bertz CT molecular complexity index is 1280. The van der Waals surface area contributed by atoms with Crippen LogP contribution in [0.15, 0.2) is 46.9 Å². The van der Waals surface area contributed by atoms with Crippen LogP contribution in [0.2, 0.25) is 0 Å². The number of nitrogens with zero attached hydrogens (tertiary/aromatic N) is 5. The van der Waals surface area contributed by atoms with E-state index in [1.54, 1.807) is 23.6 Å². The smallest absolute Gasteiger partial charge is 0.143 e. The molecule has 0 aliphatic carbocycles. The maximum absolute atomic E-state index is 9.78. The van der Waals surface area contributed by atoms with E-state index in [-0.39, 0.29) is 16.9 Å². The SMILES string of the molecule is Cc1ccc(-c2nc(CSc3nc(N)c(C#N)c(-c4cc[nH]n4)c3C#N)cs2)cc1. The lowest BCUT2D eigenvalue weighted by atomic mass is 10.0. The largest absolute Gasteiger partial charge is 0.383 e. The molecule has 0 atom stereocenters. The Hall–Kier alpha value is -3.66. The molecular weight excluding hydrogens is 414 g/mol. The summed E-state index contributed by atoms with van der Waals surface area (Å²) >= 11 is 2.94. The average molecular weight is 430 g/mol. The van der Waals surface area contributed by atoms with Crippen molar-refractivity contribution in [2.45, 2.75) is 17.7 Å². The molecule has 0 saturated carbocycles. The Morgan fingerprint density at radius 3 is 2.53 bits per heavy atom. The molecule has 146 valence electrons. The summed E-state index contributed by atoms with van der Waals surface area (Å²) in [6.45, 7) is 2.05. The molecule has 3 aromatic heterocycles. The molecular formula is C21H15N7S2. The minimum absolute atomic E-state index is 0.0793. The summed E-state index contributed by atoms with van der Waals surface area (Å²) in [6.07, 6.45) is 1.63. The molecule has 7 nitrogen and oxygen atoms in total. The normalized spacial score (nSPS) is 10.5. The highest BCUT2D eigenvalue weighted by molar-refractivity contribution is 7.98. The third kappa shape index (κ3) is 3.77. The molecule has 0 fully saturated rings. The Morgan fingerprint density at radius 2 is 1.87 bits per heavy atom. The first-order valence-corrected chi connectivity index (χ1v) is 10.7. The Labute approximate surface area is 181 Å². The zero-order chi connectivity index (χ0) is 21.1. The first kappa shape index (κ1) is 19.6. The van der Waals surface area contributed by atoms with Crippen molar-refractivity contribution in [2.75, 3.05) is 5.73 Å². The van der Waals surface area contributed by atoms with E-state index in [0.717, 1.165) is 16.3 Å². The van der Waals surface area contributed by atoms with Crippen LogP contribution in [-0.4, -0.2) is 20.2 Å². The summed E-state index contributed by atoms with van der Waals surface area (Å²) in [7, 11) is 0. The number of anilines is 1. The van der Waals surface area contributed by atoms with Gasteiger partial charge in [0.05, 0.1) is 17.0 Å². The first-order valence-electron chi connectivity index (χ1n) is 8.88. The number of aromatic nitrogens is 4. The molecule has 3 N–H and O–H groups in total. The minimum Gasteiger partial charge on any atom is -0.383 e. The quantitative estimate of drug-likeness (QED) is 0.446. The van der Waals surface area contributed by atoms with Gasteiger partial charge in [-0.25, -0.2) is 9.97 Å². The lowest BCUT2D eigenvalue weighted by Gasteiger charge is -2.10. The van der Waals surface area contributed by atoms with Crippen LogP contribution in [0, 0.1) is 29.6 Å². The number of pyridine rings is 1. The maximum Gasteiger partial charge on any atom is 0.143 e. The number of aromatic amines is 1. The van der Waals surface area contributed by atoms with Gasteiger partial charge in [-0.15, -0.1) is 11.3 Å². The third-order valence-electron chi connectivity index (χ3n) is 4.38. The summed E-state index contributed by atoms with van der Waals surface area (Å²) < 4.78 is 0. The van der Waals surface area contributed by atoms with Gasteiger partial charge in [-0.3, -0.25) is 5.10 Å². The van der Waals surface area contributed by atoms with Gasteiger partial charge in [-0.05, 0) is 13.0 Å². The van der Waals surface area contributed by atoms with E-state index in [2.05, 4.69) is 45.5 Å². The molecule has 0 bridgehead atoms. The Morgan fingerprint density at radius 1 is 1.10 bits per heavy atom. The van der Waals surface area contributed by atoms with Crippen LogP contribution in [0.4, 0.5) is 5.82 Å². The van der Waals surface area contributed by atoms with Gasteiger partial charge in [0.25, 0.3) is 0 Å². The number of thioether (sulfide) groups is 1. The van der Waals surface area contributed by atoms with Gasteiger partial charge in [0.2, 0.25) is 0 Å². The van der Waals surface area contributed by atoms with Crippen molar-refractivity contribution in [2.24, 2.45) is 0 Å². The molecule has 0 unspecified atom stereocenters. The summed E-state index contributed by atoms with van der Waals surface area (Å²) in [5.41, 5.74) is 10.5. The third-order valence-corrected chi connectivity index (χ3v) is 6.33. The van der Waals surface area contributed by atoms with Crippen LogP contribution in [0.3, 0.4) is 0 Å². The van der Waals surface area contributed by atoms with E-state index in [1.165, 1.54) is 17.3 Å². The van der Waals surface area contributed by atoms with Crippen molar-refractivity contribution in [3.63, 3.8) is 0 Å². The van der Waals surface area contributed by atoms with Crippen molar-refractivity contribution in [1.82, 2.24) is 20.2 Å². The van der Waals surface area contributed by atoms with Crippen molar-refractivity contribution in [3.05, 3.63) is 64.3 Å². The molecule has 0 amide bonds. The predicted octanol–water partition coefficient (Wildman–Crippen LogP) is 4.52. The van der Waals surface area contributed by atoms with Crippen LogP contribution in [-0.2, 0) is 5.75 Å². The molecule has 4 aromatic rings. The fourth-order valence-electron chi connectivity index (χ4n) is 2.90. The van der Waals surface area contributed by atoms with Gasteiger partial charge < -0.3 is 5.73 Å². The molecule has 3 heterocycles. The standard InChI is InChI=1S/C21H15N7S2/c1-12-2-4-13(5-3-12)20-26-14(10-29-20)11-30-21-16(9-23)18(17-6-7-25-28-17)15(8-22)19(24)27-21/h2-7,10H,11H2,1H3,(H2,24,27)(H,25,28). The van der Waals surface area contributed by atoms with Gasteiger partial charge in [0, 0.05) is 28.5 Å². The van der Waals surface area contributed by atoms with Crippen LogP contribution in [0.1, 0.15) is 22.4 Å². The number of thiazole rings is 1. The Kier molecular flexibility index (Phi) is 5.48. The number of nitrogens with one attached hydrogen (secondary N) is 1. The number of aryl methyl sites for hydroxylation is 1. The minimum atomic E-state index is 0.0793. The summed E-state index contributed by atoms with van der Waals surface area (Å²) in [4.78, 5) is 9.00. The number of nitrogens with two attached hydrogens (primary N) is 1. The van der Waals surface area contributed by atoms with Crippen molar-refractivity contribution >= 4 is 28.9 Å². The van der Waals surface area contributed by atoms with Gasteiger partial charge in [-0.2, -0.15) is 15.6 Å². The molecule has 1 aromatic carbocycles. The number of nitrogen functional groups attached to an aromatic ring is 1. The fourth-order valence-corrected chi connectivity index (χ4v) is 4.72. The van der Waals surface area contributed by atoms with Crippen LogP contribution in [0.25, 0.3) is 21.8 Å².